The molecule has 8 aliphatic rings. The molecular weight excluding hydrogens is 756 g/mol. The van der Waals surface area contributed by atoms with Crippen molar-refractivity contribution in [1.82, 2.24) is 0 Å². The standard InChI is InChI=1S/C43H66O15/c1-19-10-13-43(52-17-19)20(2)32-29(58-43)16-28-26-9-8-24-14-25(46)15-31(42(24,7)27(26)11-12-41(28,32)6)56-40-38(57-39-35(49)34(48)33(47)21(3)53-39)36(50)37(54-23(5)45)30(55-40)18-51-22(4)44/h8,19-21,25-40,46-50H,9-18H2,1-7H3/t19-,20+,21+,25-,26-,27+,28+,29+,30-,31-,32+,33+,34-,35-,36+,37+,38-,39+,40+,41+,42+,43-/m1/s1. The fourth-order valence-electron chi connectivity index (χ4n) is 13.2. The average molecular weight is 823 g/mol. The van der Waals surface area contributed by atoms with Gasteiger partial charge in [0.1, 0.15) is 43.2 Å². The summed E-state index contributed by atoms with van der Waals surface area (Å²) < 4.78 is 49.8. The van der Waals surface area contributed by atoms with E-state index >= 15 is 0 Å². The van der Waals surface area contributed by atoms with Crippen LogP contribution in [0.3, 0.4) is 0 Å². The van der Waals surface area contributed by atoms with Gasteiger partial charge < -0.3 is 63.4 Å². The molecule has 4 heterocycles. The van der Waals surface area contributed by atoms with Crippen molar-refractivity contribution in [3.63, 3.8) is 0 Å². The predicted octanol–water partition coefficient (Wildman–Crippen LogP) is 2.50. The van der Waals surface area contributed by atoms with Crippen molar-refractivity contribution in [2.75, 3.05) is 13.2 Å². The van der Waals surface area contributed by atoms with Gasteiger partial charge in [0.25, 0.3) is 0 Å². The van der Waals surface area contributed by atoms with Gasteiger partial charge in [-0.2, -0.15) is 0 Å². The lowest BCUT2D eigenvalue weighted by Gasteiger charge is -2.60. The van der Waals surface area contributed by atoms with Crippen LogP contribution < -0.4 is 0 Å². The topological polar surface area (TPSA) is 209 Å². The highest BCUT2D eigenvalue weighted by Gasteiger charge is 2.69. The fourth-order valence-corrected chi connectivity index (χ4v) is 13.2. The van der Waals surface area contributed by atoms with E-state index in [9.17, 15) is 35.1 Å². The number of fused-ring (bicyclic) bond motifs is 7. The molecule has 0 aromatic heterocycles. The van der Waals surface area contributed by atoms with Gasteiger partial charge in [-0.25, -0.2) is 0 Å². The second-order valence-corrected chi connectivity index (χ2v) is 19.6. The van der Waals surface area contributed by atoms with Gasteiger partial charge in [0.2, 0.25) is 0 Å². The van der Waals surface area contributed by atoms with Gasteiger partial charge in [0, 0.05) is 38.0 Å². The molecule has 3 saturated carbocycles. The maximum atomic E-state index is 12.3. The van der Waals surface area contributed by atoms with Crippen molar-refractivity contribution in [1.29, 1.82) is 0 Å². The van der Waals surface area contributed by atoms with Crippen LogP contribution in [0.2, 0.25) is 0 Å². The van der Waals surface area contributed by atoms with Crippen LogP contribution in [-0.2, 0) is 47.5 Å². The van der Waals surface area contributed by atoms with Gasteiger partial charge in [-0.3, -0.25) is 9.59 Å². The highest BCUT2D eigenvalue weighted by Crippen LogP contribution is 2.71. The summed E-state index contributed by atoms with van der Waals surface area (Å²) in [5.41, 5.74) is 0.631. The molecule has 15 nitrogen and oxygen atoms in total. The highest BCUT2D eigenvalue weighted by atomic mass is 16.8. The number of aliphatic hydroxyl groups is 5. The third kappa shape index (κ3) is 7.09. The average Bonchev–Trinajstić information content (AvgIpc) is 3.61. The fraction of sp³-hybridized carbons (Fsp3) is 0.907. The first-order chi connectivity index (χ1) is 27.4. The number of rotatable bonds is 7. The zero-order valence-corrected chi connectivity index (χ0v) is 34.9. The van der Waals surface area contributed by atoms with Gasteiger partial charge in [0.15, 0.2) is 24.5 Å². The molecule has 58 heavy (non-hydrogen) atoms. The van der Waals surface area contributed by atoms with E-state index in [1.807, 2.05) is 0 Å². The molecule has 7 fully saturated rings. The van der Waals surface area contributed by atoms with Crippen LogP contribution >= 0.6 is 0 Å². The van der Waals surface area contributed by atoms with Crippen molar-refractivity contribution in [3.8, 4) is 0 Å². The molecule has 4 saturated heterocycles. The minimum Gasteiger partial charge on any atom is -0.463 e. The van der Waals surface area contributed by atoms with Crippen LogP contribution in [0, 0.1) is 46.3 Å². The summed E-state index contributed by atoms with van der Waals surface area (Å²) in [5, 5.41) is 55.3. The van der Waals surface area contributed by atoms with E-state index in [0.717, 1.165) is 50.7 Å². The van der Waals surface area contributed by atoms with E-state index in [1.54, 1.807) is 0 Å². The third-order valence-corrected chi connectivity index (χ3v) is 16.2. The second kappa shape index (κ2) is 15.9. The Kier molecular flexibility index (Phi) is 11.7. The zero-order valence-electron chi connectivity index (χ0n) is 34.9. The number of carbonyl (C=O) groups excluding carboxylic acids is 2. The number of aliphatic hydroxyl groups excluding tert-OH is 5. The van der Waals surface area contributed by atoms with Crippen molar-refractivity contribution < 1.29 is 73.0 Å². The molecule has 0 unspecified atom stereocenters. The summed E-state index contributed by atoms with van der Waals surface area (Å²) >= 11 is 0. The van der Waals surface area contributed by atoms with E-state index in [-0.39, 0.29) is 36.4 Å². The molecule has 5 N–H and O–H groups in total. The Morgan fingerprint density at radius 2 is 1.60 bits per heavy atom. The van der Waals surface area contributed by atoms with Crippen molar-refractivity contribution in [2.45, 2.75) is 185 Å². The van der Waals surface area contributed by atoms with Crippen molar-refractivity contribution >= 4 is 11.9 Å². The Morgan fingerprint density at radius 1 is 0.845 bits per heavy atom. The summed E-state index contributed by atoms with van der Waals surface area (Å²) in [6.07, 6.45) is -6.63. The van der Waals surface area contributed by atoms with Gasteiger partial charge in [0.05, 0.1) is 31.0 Å². The van der Waals surface area contributed by atoms with E-state index in [4.69, 9.17) is 37.9 Å². The van der Waals surface area contributed by atoms with E-state index in [1.165, 1.54) is 20.8 Å². The minimum atomic E-state index is -1.72. The summed E-state index contributed by atoms with van der Waals surface area (Å²) in [6.45, 7) is 13.5. The normalized spacial score (nSPS) is 53.8. The molecule has 0 bridgehead atoms. The molecule has 4 aliphatic heterocycles. The Balaban J connectivity index is 1.09. The van der Waals surface area contributed by atoms with Crippen molar-refractivity contribution in [2.24, 2.45) is 46.3 Å². The number of hydrogen-bond donors (Lipinski definition) is 5. The molecule has 0 aromatic rings. The smallest absolute Gasteiger partial charge is 0.303 e. The van der Waals surface area contributed by atoms with Crippen LogP contribution in [0.25, 0.3) is 0 Å². The monoisotopic (exact) mass is 822 g/mol. The largest absolute Gasteiger partial charge is 0.463 e. The molecule has 15 heteroatoms. The first kappa shape index (κ1) is 42.9. The molecule has 22 atom stereocenters. The van der Waals surface area contributed by atoms with Gasteiger partial charge in [-0.1, -0.05) is 39.3 Å². The summed E-state index contributed by atoms with van der Waals surface area (Å²) in [7, 11) is 0. The Labute approximate surface area is 341 Å². The van der Waals surface area contributed by atoms with Crippen LogP contribution in [-0.4, -0.2) is 136 Å². The van der Waals surface area contributed by atoms with Crippen LogP contribution in [0.5, 0.6) is 0 Å². The van der Waals surface area contributed by atoms with E-state index in [0.29, 0.717) is 30.1 Å². The lowest BCUT2D eigenvalue weighted by molar-refractivity contribution is -0.374. The molecule has 4 aliphatic carbocycles. The quantitative estimate of drug-likeness (QED) is 0.185. The second-order valence-electron chi connectivity index (χ2n) is 19.6. The molecular formula is C43H66O15. The maximum absolute atomic E-state index is 12.3. The van der Waals surface area contributed by atoms with Gasteiger partial charge in [-0.15, -0.1) is 0 Å². The minimum absolute atomic E-state index is 0.0642. The summed E-state index contributed by atoms with van der Waals surface area (Å²) in [6, 6.07) is 0. The van der Waals surface area contributed by atoms with Gasteiger partial charge >= 0.3 is 11.9 Å². The van der Waals surface area contributed by atoms with Crippen LogP contribution in [0.4, 0.5) is 0 Å². The maximum Gasteiger partial charge on any atom is 0.303 e. The first-order valence-electron chi connectivity index (χ1n) is 21.7. The third-order valence-electron chi connectivity index (χ3n) is 16.2. The number of esters is 2. The number of ether oxygens (including phenoxy) is 8. The van der Waals surface area contributed by atoms with E-state index in [2.05, 4.69) is 33.8 Å². The molecule has 0 amide bonds. The number of allylic oxidation sites excluding steroid dienone is 1. The molecule has 8 rings (SSSR count). The van der Waals surface area contributed by atoms with E-state index < -0.39 is 96.8 Å². The SMILES string of the molecule is CC(=O)OC[C@H]1O[C@@H](O[C@@H]2C[C@H](O)CC3=CC[C@H]4[C@@H]5C[C@@H]6O[C@]7(CC[C@@H](C)CO7)[C@@H](C)[C@@H]6[C@@]5(C)CC[C@@H]4[C@]32C)[C@H](O[C@@H]2O[C@@H](C)[C@H](O)[C@@H](O)[C@H]2O)[C@@H](O)[C@H]1OC(C)=O. The Morgan fingerprint density at radius 3 is 2.29 bits per heavy atom. The predicted molar refractivity (Wildman–Crippen MR) is 202 cm³/mol. The lowest BCUT2D eigenvalue weighted by atomic mass is 9.46. The number of hydrogen-bond acceptors (Lipinski definition) is 15. The Hall–Kier alpha value is -1.76. The zero-order chi connectivity index (χ0) is 41.6. The lowest BCUT2D eigenvalue weighted by Crippen LogP contribution is -2.66. The number of carbonyl (C=O) groups is 2. The van der Waals surface area contributed by atoms with Crippen LogP contribution in [0.15, 0.2) is 11.6 Å². The molecule has 1 spiro atoms. The van der Waals surface area contributed by atoms with Crippen LogP contribution in [0.1, 0.15) is 99.8 Å². The molecule has 0 aromatic carbocycles. The Bertz CT molecular complexity index is 1570. The van der Waals surface area contributed by atoms with Crippen molar-refractivity contribution in [3.05, 3.63) is 11.6 Å². The summed E-state index contributed by atoms with van der Waals surface area (Å²) in [4.78, 5) is 24.3. The van der Waals surface area contributed by atoms with Gasteiger partial charge in [-0.05, 0) is 80.5 Å². The first-order valence-corrected chi connectivity index (χ1v) is 21.7. The highest BCUT2D eigenvalue weighted by molar-refractivity contribution is 5.66. The summed E-state index contributed by atoms with van der Waals surface area (Å²) in [5.74, 6) is 0.275. The molecule has 0 radical (unpaired) electrons. The molecule has 328 valence electrons.